The van der Waals surface area contributed by atoms with Gasteiger partial charge in [0.1, 0.15) is 0 Å². The Kier molecular flexibility index (Phi) is 7.38. The van der Waals surface area contributed by atoms with Crippen molar-refractivity contribution in [2.75, 3.05) is 11.9 Å². The molecule has 2 amide bonds. The lowest BCUT2D eigenvalue weighted by atomic mass is 10.1. The van der Waals surface area contributed by atoms with Crippen LogP contribution in [0.2, 0.25) is 10.0 Å². The van der Waals surface area contributed by atoms with Crippen molar-refractivity contribution in [2.45, 2.75) is 57.9 Å². The number of nitrogens with zero attached hydrogens (tertiary/aromatic N) is 1. The predicted octanol–water partition coefficient (Wildman–Crippen LogP) is 4.89. The number of anilines is 1. The Morgan fingerprint density at radius 2 is 1.83 bits per heavy atom. The topological polar surface area (TPSA) is 49.4 Å². The molecule has 1 N–H and O–H groups in total. The smallest absolute Gasteiger partial charge is 0.226 e. The van der Waals surface area contributed by atoms with Crippen molar-refractivity contribution < 1.29 is 9.59 Å². The molecule has 0 aliphatic heterocycles. The van der Waals surface area contributed by atoms with Gasteiger partial charge in [0, 0.05) is 31.0 Å². The van der Waals surface area contributed by atoms with Gasteiger partial charge in [-0.05, 0) is 31.0 Å². The third-order valence-corrected chi connectivity index (χ3v) is 5.02. The lowest BCUT2D eigenvalue weighted by Crippen LogP contribution is -2.40. The summed E-state index contributed by atoms with van der Waals surface area (Å²) in [5.74, 6) is -0.130. The maximum Gasteiger partial charge on any atom is 0.226 e. The number of benzene rings is 1. The first-order valence-corrected chi connectivity index (χ1v) is 9.25. The second-order valence-electron chi connectivity index (χ2n) is 6.28. The first-order valence-electron chi connectivity index (χ1n) is 8.49. The molecule has 132 valence electrons. The number of rotatable bonds is 5. The molecular weight excluding hydrogens is 347 g/mol. The number of amides is 2. The maximum absolute atomic E-state index is 12.2. The summed E-state index contributed by atoms with van der Waals surface area (Å²) in [4.78, 5) is 26.0. The zero-order chi connectivity index (χ0) is 17.5. The zero-order valence-electron chi connectivity index (χ0n) is 14.0. The summed E-state index contributed by atoms with van der Waals surface area (Å²) in [5.41, 5.74) is 0.498. The van der Waals surface area contributed by atoms with E-state index >= 15 is 0 Å². The van der Waals surface area contributed by atoms with E-state index in [1.54, 1.807) is 25.1 Å². The molecule has 1 aliphatic carbocycles. The fourth-order valence-corrected chi connectivity index (χ4v) is 3.53. The van der Waals surface area contributed by atoms with Crippen molar-refractivity contribution >= 4 is 40.7 Å². The van der Waals surface area contributed by atoms with Gasteiger partial charge in [-0.2, -0.15) is 0 Å². The second kappa shape index (κ2) is 9.28. The molecule has 0 spiro atoms. The Hall–Kier alpha value is -1.26. The summed E-state index contributed by atoms with van der Waals surface area (Å²) >= 11 is 12.0. The Morgan fingerprint density at radius 3 is 2.46 bits per heavy atom. The number of hydrogen-bond acceptors (Lipinski definition) is 2. The number of nitrogens with one attached hydrogen (secondary N) is 1. The quantitative estimate of drug-likeness (QED) is 0.749. The van der Waals surface area contributed by atoms with Gasteiger partial charge in [0.15, 0.2) is 0 Å². The summed E-state index contributed by atoms with van der Waals surface area (Å²) in [6.45, 7) is 2.01. The molecule has 0 unspecified atom stereocenters. The van der Waals surface area contributed by atoms with Crippen molar-refractivity contribution in [2.24, 2.45) is 0 Å². The standard InChI is InChI=1S/C18H24Cl2N2O2/c1-13(23)22(15-6-4-2-3-5-7-15)11-10-18(24)21-17-12-14(19)8-9-16(17)20/h8-9,12,15H,2-7,10-11H2,1H3,(H,21,24). The highest BCUT2D eigenvalue weighted by molar-refractivity contribution is 6.35. The van der Waals surface area contributed by atoms with E-state index in [1.807, 2.05) is 4.90 Å². The van der Waals surface area contributed by atoms with Crippen LogP contribution in [0, 0.1) is 0 Å². The van der Waals surface area contributed by atoms with E-state index in [-0.39, 0.29) is 24.3 Å². The van der Waals surface area contributed by atoms with E-state index in [0.29, 0.717) is 22.3 Å². The van der Waals surface area contributed by atoms with E-state index in [9.17, 15) is 9.59 Å². The van der Waals surface area contributed by atoms with Crippen molar-refractivity contribution in [3.63, 3.8) is 0 Å². The Morgan fingerprint density at radius 1 is 1.17 bits per heavy atom. The molecule has 4 nitrogen and oxygen atoms in total. The Bertz CT molecular complexity index is 584. The molecule has 0 bridgehead atoms. The fraction of sp³-hybridized carbons (Fsp3) is 0.556. The molecule has 1 aromatic carbocycles. The molecule has 1 aliphatic rings. The van der Waals surface area contributed by atoms with Gasteiger partial charge in [0.25, 0.3) is 0 Å². The molecule has 24 heavy (non-hydrogen) atoms. The maximum atomic E-state index is 12.2. The summed E-state index contributed by atoms with van der Waals surface area (Å²) in [7, 11) is 0. The fourth-order valence-electron chi connectivity index (χ4n) is 3.19. The van der Waals surface area contributed by atoms with Crippen LogP contribution in [0.15, 0.2) is 18.2 Å². The predicted molar refractivity (Wildman–Crippen MR) is 98.6 cm³/mol. The number of hydrogen-bond donors (Lipinski definition) is 1. The molecule has 0 saturated heterocycles. The molecule has 1 aromatic rings. The molecule has 0 radical (unpaired) electrons. The molecule has 6 heteroatoms. The molecule has 2 rings (SSSR count). The van der Waals surface area contributed by atoms with Crippen LogP contribution in [0.4, 0.5) is 5.69 Å². The second-order valence-corrected chi connectivity index (χ2v) is 7.12. The SMILES string of the molecule is CC(=O)N(CCC(=O)Nc1cc(Cl)ccc1Cl)C1CCCCCC1. The minimum atomic E-state index is -0.168. The molecule has 0 heterocycles. The molecular formula is C18H24Cl2N2O2. The Balaban J connectivity index is 1.92. The van der Waals surface area contributed by atoms with Gasteiger partial charge < -0.3 is 10.2 Å². The minimum absolute atomic E-state index is 0.0375. The first-order chi connectivity index (χ1) is 11.5. The van der Waals surface area contributed by atoms with Crippen LogP contribution < -0.4 is 5.32 Å². The first kappa shape index (κ1) is 19.1. The minimum Gasteiger partial charge on any atom is -0.339 e. The number of halogens is 2. The average molecular weight is 371 g/mol. The third-order valence-electron chi connectivity index (χ3n) is 4.45. The van der Waals surface area contributed by atoms with E-state index in [4.69, 9.17) is 23.2 Å². The van der Waals surface area contributed by atoms with Crippen LogP contribution in [0.1, 0.15) is 51.9 Å². The summed E-state index contributed by atoms with van der Waals surface area (Å²) < 4.78 is 0. The largest absolute Gasteiger partial charge is 0.339 e. The molecule has 0 aromatic heterocycles. The average Bonchev–Trinajstić information content (AvgIpc) is 2.80. The van der Waals surface area contributed by atoms with Gasteiger partial charge in [-0.1, -0.05) is 48.9 Å². The van der Waals surface area contributed by atoms with Gasteiger partial charge in [0.2, 0.25) is 11.8 Å². The number of carbonyl (C=O) groups is 2. The van der Waals surface area contributed by atoms with Crippen molar-refractivity contribution in [1.82, 2.24) is 4.90 Å². The lowest BCUT2D eigenvalue weighted by Gasteiger charge is -2.30. The molecule has 1 saturated carbocycles. The summed E-state index contributed by atoms with van der Waals surface area (Å²) in [5, 5.41) is 3.72. The van der Waals surface area contributed by atoms with E-state index < -0.39 is 0 Å². The van der Waals surface area contributed by atoms with E-state index in [1.165, 1.54) is 12.8 Å². The normalized spacial score (nSPS) is 15.6. The van der Waals surface area contributed by atoms with Gasteiger partial charge in [-0.3, -0.25) is 9.59 Å². The van der Waals surface area contributed by atoms with Crippen LogP contribution in [0.3, 0.4) is 0 Å². The van der Waals surface area contributed by atoms with Gasteiger partial charge in [-0.15, -0.1) is 0 Å². The number of carbonyl (C=O) groups excluding carboxylic acids is 2. The highest BCUT2D eigenvalue weighted by atomic mass is 35.5. The molecule has 0 atom stereocenters. The van der Waals surface area contributed by atoms with Crippen molar-refractivity contribution in [3.05, 3.63) is 28.2 Å². The van der Waals surface area contributed by atoms with E-state index in [2.05, 4.69) is 5.32 Å². The van der Waals surface area contributed by atoms with Gasteiger partial charge in [0.05, 0.1) is 10.7 Å². The van der Waals surface area contributed by atoms with Crippen LogP contribution in [-0.2, 0) is 9.59 Å². The zero-order valence-corrected chi connectivity index (χ0v) is 15.5. The monoisotopic (exact) mass is 370 g/mol. The highest BCUT2D eigenvalue weighted by Crippen LogP contribution is 2.26. The highest BCUT2D eigenvalue weighted by Gasteiger charge is 2.22. The van der Waals surface area contributed by atoms with Crippen LogP contribution >= 0.6 is 23.2 Å². The third kappa shape index (κ3) is 5.67. The molecule has 1 fully saturated rings. The van der Waals surface area contributed by atoms with Crippen LogP contribution in [0.5, 0.6) is 0 Å². The van der Waals surface area contributed by atoms with Crippen LogP contribution in [-0.4, -0.2) is 29.3 Å². The van der Waals surface area contributed by atoms with Gasteiger partial charge in [-0.25, -0.2) is 0 Å². The van der Waals surface area contributed by atoms with Crippen LogP contribution in [0.25, 0.3) is 0 Å². The lowest BCUT2D eigenvalue weighted by molar-refractivity contribution is -0.131. The van der Waals surface area contributed by atoms with Gasteiger partial charge >= 0.3 is 0 Å². The Labute approximate surface area is 153 Å². The van der Waals surface area contributed by atoms with E-state index in [0.717, 1.165) is 25.7 Å². The summed E-state index contributed by atoms with van der Waals surface area (Å²) in [6.07, 6.45) is 7.07. The summed E-state index contributed by atoms with van der Waals surface area (Å²) in [6, 6.07) is 5.19. The van der Waals surface area contributed by atoms with Crippen molar-refractivity contribution in [3.8, 4) is 0 Å². The van der Waals surface area contributed by atoms with Crippen molar-refractivity contribution in [1.29, 1.82) is 0 Å².